The lowest BCUT2D eigenvalue weighted by Crippen LogP contribution is -2.47. The van der Waals surface area contributed by atoms with Gasteiger partial charge in [-0.15, -0.1) is 0 Å². The van der Waals surface area contributed by atoms with Gasteiger partial charge in [-0.2, -0.15) is 0 Å². The second-order valence-electron chi connectivity index (χ2n) is 5.65. The first-order valence-electron chi connectivity index (χ1n) is 7.34. The van der Waals surface area contributed by atoms with Crippen LogP contribution in [0.15, 0.2) is 0 Å². The number of rotatable bonds is 7. The first-order chi connectivity index (χ1) is 9.50. The molecule has 2 amide bonds. The lowest BCUT2D eigenvalue weighted by Gasteiger charge is -2.30. The van der Waals surface area contributed by atoms with Gasteiger partial charge in [0.1, 0.15) is 0 Å². The van der Waals surface area contributed by atoms with Gasteiger partial charge in [-0.25, -0.2) is 4.79 Å². The zero-order valence-electron chi connectivity index (χ0n) is 12.4. The molecule has 0 unspecified atom stereocenters. The van der Waals surface area contributed by atoms with Gasteiger partial charge in [0.2, 0.25) is 0 Å². The summed E-state index contributed by atoms with van der Waals surface area (Å²) in [4.78, 5) is 24.4. The van der Waals surface area contributed by atoms with Gasteiger partial charge in [0.15, 0.2) is 0 Å². The number of likely N-dealkylation sites (tertiary alicyclic amines) is 1. The second-order valence-corrected chi connectivity index (χ2v) is 5.65. The Labute approximate surface area is 120 Å². The zero-order valence-corrected chi connectivity index (χ0v) is 12.4. The molecule has 0 aromatic carbocycles. The molecule has 1 fully saturated rings. The predicted molar refractivity (Wildman–Crippen MR) is 75.6 cm³/mol. The molecule has 0 aromatic rings. The summed E-state index contributed by atoms with van der Waals surface area (Å²) < 4.78 is 5.41. The summed E-state index contributed by atoms with van der Waals surface area (Å²) in [5.74, 6) is -0.637. The third-order valence-corrected chi connectivity index (χ3v) is 3.42. The number of nitrogens with one attached hydrogen (secondary N) is 1. The minimum Gasteiger partial charge on any atom is -0.481 e. The van der Waals surface area contributed by atoms with Crippen LogP contribution in [0, 0.1) is 11.8 Å². The largest absolute Gasteiger partial charge is 0.481 e. The fourth-order valence-electron chi connectivity index (χ4n) is 2.13. The molecule has 0 bridgehead atoms. The fourth-order valence-corrected chi connectivity index (χ4v) is 2.13. The highest BCUT2D eigenvalue weighted by molar-refractivity contribution is 5.76. The van der Waals surface area contributed by atoms with Gasteiger partial charge in [-0.05, 0) is 25.2 Å². The Morgan fingerprint density at radius 2 is 2.15 bits per heavy atom. The molecule has 1 heterocycles. The van der Waals surface area contributed by atoms with Crippen molar-refractivity contribution in [2.24, 2.45) is 11.8 Å². The van der Waals surface area contributed by atoms with Crippen LogP contribution in [0.5, 0.6) is 0 Å². The number of carbonyl (C=O) groups is 2. The third-order valence-electron chi connectivity index (χ3n) is 3.42. The molecular formula is C14H26N2O4. The van der Waals surface area contributed by atoms with Gasteiger partial charge in [-0.1, -0.05) is 13.8 Å². The van der Waals surface area contributed by atoms with E-state index >= 15 is 0 Å². The molecule has 20 heavy (non-hydrogen) atoms. The van der Waals surface area contributed by atoms with Crippen LogP contribution in [-0.2, 0) is 9.53 Å². The van der Waals surface area contributed by atoms with Crippen LogP contribution in [-0.4, -0.2) is 54.9 Å². The van der Waals surface area contributed by atoms with Crippen LogP contribution >= 0.6 is 0 Å². The van der Waals surface area contributed by atoms with Gasteiger partial charge < -0.3 is 20.1 Å². The third kappa shape index (κ3) is 6.23. The first kappa shape index (κ1) is 16.8. The van der Waals surface area contributed by atoms with E-state index in [4.69, 9.17) is 9.84 Å². The molecule has 1 atom stereocenters. The molecule has 0 radical (unpaired) electrons. The Balaban J connectivity index is 2.14. The van der Waals surface area contributed by atoms with Crippen molar-refractivity contribution in [1.29, 1.82) is 0 Å². The summed E-state index contributed by atoms with van der Waals surface area (Å²) in [5, 5.41) is 11.7. The predicted octanol–water partition coefficient (Wildman–Crippen LogP) is 1.56. The van der Waals surface area contributed by atoms with E-state index in [0.717, 1.165) is 12.8 Å². The minimum absolute atomic E-state index is 0.191. The van der Waals surface area contributed by atoms with Crippen LogP contribution in [0.1, 0.15) is 33.1 Å². The second kappa shape index (κ2) is 8.79. The summed E-state index contributed by atoms with van der Waals surface area (Å²) in [6, 6.07) is -0.191. The number of ether oxygens (including phenoxy) is 1. The van der Waals surface area contributed by atoms with Gasteiger partial charge in [-0.3, -0.25) is 4.79 Å². The van der Waals surface area contributed by atoms with Crippen molar-refractivity contribution >= 4 is 12.0 Å². The van der Waals surface area contributed by atoms with Crippen molar-refractivity contribution in [2.45, 2.75) is 33.1 Å². The number of nitrogens with zero attached hydrogens (tertiary/aromatic N) is 1. The van der Waals surface area contributed by atoms with E-state index in [9.17, 15) is 9.59 Å². The molecule has 0 spiro atoms. The van der Waals surface area contributed by atoms with Crippen LogP contribution in [0.25, 0.3) is 0 Å². The van der Waals surface area contributed by atoms with Crippen molar-refractivity contribution in [2.75, 3.05) is 32.8 Å². The average Bonchev–Trinajstić information content (AvgIpc) is 2.42. The normalized spacial score (nSPS) is 19.1. The highest BCUT2D eigenvalue weighted by Gasteiger charge is 2.27. The number of carboxylic acids is 1. The Bertz CT molecular complexity index is 320. The fraction of sp³-hybridized carbons (Fsp3) is 0.857. The summed E-state index contributed by atoms with van der Waals surface area (Å²) in [6.07, 6.45) is 2.41. The maximum Gasteiger partial charge on any atom is 0.317 e. The lowest BCUT2D eigenvalue weighted by atomic mass is 9.99. The van der Waals surface area contributed by atoms with Crippen molar-refractivity contribution in [1.82, 2.24) is 10.2 Å². The van der Waals surface area contributed by atoms with Gasteiger partial charge in [0.25, 0.3) is 0 Å². The minimum atomic E-state index is -0.820. The number of urea groups is 1. The molecule has 6 heteroatoms. The topological polar surface area (TPSA) is 78.9 Å². The molecule has 2 N–H and O–H groups in total. The molecule has 6 nitrogen and oxygen atoms in total. The molecule has 0 saturated carbocycles. The van der Waals surface area contributed by atoms with E-state index in [2.05, 4.69) is 19.2 Å². The summed E-state index contributed by atoms with van der Waals surface area (Å²) in [5.41, 5.74) is 0. The monoisotopic (exact) mass is 286 g/mol. The molecule has 1 aliphatic rings. The molecule has 116 valence electrons. The Hall–Kier alpha value is -1.30. The number of carbonyl (C=O) groups excluding carboxylic acids is 1. The van der Waals surface area contributed by atoms with E-state index in [0.29, 0.717) is 45.2 Å². The molecule has 1 aliphatic heterocycles. The van der Waals surface area contributed by atoms with Crippen molar-refractivity contribution in [3.63, 3.8) is 0 Å². The summed E-state index contributed by atoms with van der Waals surface area (Å²) in [6.45, 7) is 6.87. The van der Waals surface area contributed by atoms with Gasteiger partial charge in [0.05, 0.1) is 12.5 Å². The highest BCUT2D eigenvalue weighted by atomic mass is 16.5. The average molecular weight is 286 g/mol. The quantitative estimate of drug-likeness (QED) is 0.696. The van der Waals surface area contributed by atoms with Gasteiger partial charge in [0, 0.05) is 26.2 Å². The van der Waals surface area contributed by atoms with Crippen LogP contribution < -0.4 is 5.32 Å². The maximum atomic E-state index is 11.9. The lowest BCUT2D eigenvalue weighted by molar-refractivity contribution is -0.143. The van der Waals surface area contributed by atoms with E-state index in [1.165, 1.54) is 0 Å². The first-order valence-corrected chi connectivity index (χ1v) is 7.34. The van der Waals surface area contributed by atoms with Crippen LogP contribution in [0.4, 0.5) is 4.79 Å². The number of hydrogen-bond donors (Lipinski definition) is 2. The number of carboxylic acid groups (broad SMARTS) is 1. The van der Waals surface area contributed by atoms with Crippen molar-refractivity contribution in [3.8, 4) is 0 Å². The summed E-state index contributed by atoms with van der Waals surface area (Å²) >= 11 is 0. The van der Waals surface area contributed by atoms with E-state index in [-0.39, 0.29) is 6.03 Å². The van der Waals surface area contributed by atoms with Crippen LogP contribution in [0.3, 0.4) is 0 Å². The van der Waals surface area contributed by atoms with E-state index < -0.39 is 11.9 Å². The van der Waals surface area contributed by atoms with Crippen LogP contribution in [0.2, 0.25) is 0 Å². The molecule has 0 aromatic heterocycles. The van der Waals surface area contributed by atoms with E-state index in [1.54, 1.807) is 4.90 Å². The van der Waals surface area contributed by atoms with Crippen molar-refractivity contribution < 1.29 is 19.4 Å². The van der Waals surface area contributed by atoms with Crippen molar-refractivity contribution in [3.05, 3.63) is 0 Å². The molecule has 1 saturated heterocycles. The Kier molecular flexibility index (Phi) is 7.36. The molecule has 0 aliphatic carbocycles. The zero-order chi connectivity index (χ0) is 15.0. The standard InChI is InChI=1S/C14H26N2O4/c1-11(2)5-8-20-9-6-15-14(19)16-7-3-4-12(10-16)13(17)18/h11-12H,3-10H2,1-2H3,(H,15,19)(H,17,18)/t12-/m1/s1. The van der Waals surface area contributed by atoms with Gasteiger partial charge >= 0.3 is 12.0 Å². The Morgan fingerprint density at radius 3 is 2.80 bits per heavy atom. The SMILES string of the molecule is CC(C)CCOCCNC(=O)N1CCC[C@@H](C(=O)O)C1. The molecule has 1 rings (SSSR count). The number of amides is 2. The highest BCUT2D eigenvalue weighted by Crippen LogP contribution is 2.16. The smallest absolute Gasteiger partial charge is 0.317 e. The number of piperidine rings is 1. The Morgan fingerprint density at radius 1 is 1.40 bits per heavy atom. The maximum absolute atomic E-state index is 11.9. The van der Waals surface area contributed by atoms with E-state index in [1.807, 2.05) is 0 Å². The molecular weight excluding hydrogens is 260 g/mol. The number of aliphatic carboxylic acids is 1. The number of hydrogen-bond acceptors (Lipinski definition) is 3. The summed E-state index contributed by atoms with van der Waals surface area (Å²) in [7, 11) is 0.